The molecular formula is C30H36F3N5O4. The molecule has 1 aliphatic heterocycles. The molecule has 1 saturated heterocycles. The number of aliphatic hydroxyl groups is 1. The Labute approximate surface area is 242 Å². The standard InChI is InChI=1S/C30H36F3N5O4/c1-20(26-7-8-27(42-26)22-9-11-35-12-10-22)37-13-14-38(25(18-37)29(41)36-19-30(31,32)33)17-24(39)16-23(28(34)40)15-21-5-3-2-4-6-21/h2-12,20,23-25,39H,13-19H2,1H3,(H2,34,40)(H,36,41)/t20?,23-,24+,25+/m1/s1. The van der Waals surface area contributed by atoms with Crippen LogP contribution in [0.3, 0.4) is 0 Å². The van der Waals surface area contributed by atoms with E-state index in [1.165, 1.54) is 0 Å². The second kappa shape index (κ2) is 14.0. The molecule has 1 aliphatic rings. The molecule has 42 heavy (non-hydrogen) atoms. The predicted octanol–water partition coefficient (Wildman–Crippen LogP) is 3.16. The number of halogens is 3. The fourth-order valence-corrected chi connectivity index (χ4v) is 5.27. The zero-order valence-corrected chi connectivity index (χ0v) is 23.3. The number of carbonyl (C=O) groups excluding carboxylic acids is 2. The van der Waals surface area contributed by atoms with Crippen molar-refractivity contribution in [3.8, 4) is 11.3 Å². The minimum Gasteiger partial charge on any atom is -0.459 e. The van der Waals surface area contributed by atoms with Crippen molar-refractivity contribution in [2.24, 2.45) is 11.7 Å². The van der Waals surface area contributed by atoms with Crippen molar-refractivity contribution in [2.45, 2.75) is 44.1 Å². The molecule has 12 heteroatoms. The lowest BCUT2D eigenvalue weighted by Gasteiger charge is -2.43. The van der Waals surface area contributed by atoms with Gasteiger partial charge in [0, 0.05) is 50.1 Å². The number of furan rings is 1. The number of primary amides is 1. The summed E-state index contributed by atoms with van der Waals surface area (Å²) < 4.78 is 44.8. The Morgan fingerprint density at radius 1 is 1.12 bits per heavy atom. The summed E-state index contributed by atoms with van der Waals surface area (Å²) >= 11 is 0. The number of amides is 2. The second-order valence-electron chi connectivity index (χ2n) is 10.6. The van der Waals surface area contributed by atoms with Gasteiger partial charge >= 0.3 is 6.18 Å². The highest BCUT2D eigenvalue weighted by atomic mass is 19.4. The van der Waals surface area contributed by atoms with Gasteiger partial charge in [0.15, 0.2) is 0 Å². The number of alkyl halides is 3. The zero-order chi connectivity index (χ0) is 30.3. The number of nitrogens with two attached hydrogens (primary N) is 1. The third-order valence-electron chi connectivity index (χ3n) is 7.57. The van der Waals surface area contributed by atoms with Crippen molar-refractivity contribution in [1.29, 1.82) is 0 Å². The van der Waals surface area contributed by atoms with Gasteiger partial charge in [0.05, 0.1) is 12.1 Å². The van der Waals surface area contributed by atoms with E-state index >= 15 is 0 Å². The Kier molecular flexibility index (Phi) is 10.4. The van der Waals surface area contributed by atoms with E-state index in [0.717, 1.165) is 11.1 Å². The largest absolute Gasteiger partial charge is 0.459 e. The Morgan fingerprint density at radius 3 is 2.50 bits per heavy atom. The number of hydrogen-bond donors (Lipinski definition) is 3. The molecule has 2 amide bonds. The molecule has 2 aromatic heterocycles. The number of pyridine rings is 1. The molecule has 1 aromatic carbocycles. The molecule has 3 heterocycles. The van der Waals surface area contributed by atoms with Gasteiger partial charge in [-0.1, -0.05) is 30.3 Å². The van der Waals surface area contributed by atoms with Crippen molar-refractivity contribution in [1.82, 2.24) is 20.1 Å². The number of benzene rings is 1. The number of piperazine rings is 1. The molecule has 3 aromatic rings. The van der Waals surface area contributed by atoms with Crippen molar-refractivity contribution in [3.63, 3.8) is 0 Å². The van der Waals surface area contributed by atoms with Crippen LogP contribution in [-0.4, -0.2) is 82.8 Å². The molecule has 9 nitrogen and oxygen atoms in total. The molecule has 4 rings (SSSR count). The van der Waals surface area contributed by atoms with Gasteiger partial charge in [0.2, 0.25) is 11.8 Å². The van der Waals surface area contributed by atoms with Crippen LogP contribution in [0.25, 0.3) is 11.3 Å². The van der Waals surface area contributed by atoms with Gasteiger partial charge in [-0.2, -0.15) is 13.2 Å². The van der Waals surface area contributed by atoms with Crippen LogP contribution in [0.4, 0.5) is 13.2 Å². The molecule has 0 saturated carbocycles. The Bertz CT molecular complexity index is 1310. The first-order chi connectivity index (χ1) is 20.0. The van der Waals surface area contributed by atoms with Gasteiger partial charge in [0.25, 0.3) is 0 Å². The van der Waals surface area contributed by atoms with Gasteiger partial charge in [0.1, 0.15) is 24.1 Å². The van der Waals surface area contributed by atoms with Crippen LogP contribution < -0.4 is 11.1 Å². The van der Waals surface area contributed by atoms with Crippen molar-refractivity contribution >= 4 is 11.8 Å². The topological polar surface area (TPSA) is 125 Å². The highest BCUT2D eigenvalue weighted by molar-refractivity contribution is 5.82. The number of carbonyl (C=O) groups is 2. The number of aromatic nitrogens is 1. The van der Waals surface area contributed by atoms with E-state index in [9.17, 15) is 27.9 Å². The molecule has 1 fully saturated rings. The van der Waals surface area contributed by atoms with E-state index < -0.39 is 42.6 Å². The van der Waals surface area contributed by atoms with Crippen LogP contribution in [0.1, 0.15) is 30.7 Å². The first-order valence-corrected chi connectivity index (χ1v) is 13.8. The first kappa shape index (κ1) is 31.2. The minimum absolute atomic E-state index is 0.00214. The summed E-state index contributed by atoms with van der Waals surface area (Å²) in [5, 5.41) is 12.9. The summed E-state index contributed by atoms with van der Waals surface area (Å²) in [5.74, 6) is -0.686. The lowest BCUT2D eigenvalue weighted by atomic mass is 9.92. The van der Waals surface area contributed by atoms with Crippen molar-refractivity contribution in [3.05, 3.63) is 78.3 Å². The number of nitrogens with zero attached hydrogens (tertiary/aromatic N) is 3. The monoisotopic (exact) mass is 587 g/mol. The number of rotatable bonds is 12. The van der Waals surface area contributed by atoms with Crippen LogP contribution in [0.15, 0.2) is 71.4 Å². The average molecular weight is 588 g/mol. The molecule has 0 radical (unpaired) electrons. The number of hydrogen-bond acceptors (Lipinski definition) is 7. The summed E-state index contributed by atoms with van der Waals surface area (Å²) in [4.78, 5) is 32.8. The normalized spacial score (nSPS) is 18.7. The molecule has 0 aliphatic carbocycles. The van der Waals surface area contributed by atoms with Crippen molar-refractivity contribution in [2.75, 3.05) is 32.7 Å². The third-order valence-corrected chi connectivity index (χ3v) is 7.57. The summed E-state index contributed by atoms with van der Waals surface area (Å²) in [6.07, 6.45) is -1.87. The highest BCUT2D eigenvalue weighted by Crippen LogP contribution is 2.30. The van der Waals surface area contributed by atoms with Crippen LogP contribution in [0, 0.1) is 5.92 Å². The van der Waals surface area contributed by atoms with E-state index in [2.05, 4.69) is 4.98 Å². The van der Waals surface area contributed by atoms with E-state index in [0.29, 0.717) is 31.0 Å². The van der Waals surface area contributed by atoms with Gasteiger partial charge in [-0.25, -0.2) is 0 Å². The SMILES string of the molecule is CC(c1ccc(-c2ccncc2)o1)N1CCN(C[C@@H](O)C[C@@H](Cc2ccccc2)C(N)=O)[C@H](C(=O)NCC(F)(F)F)C1. The zero-order valence-electron chi connectivity index (χ0n) is 23.3. The Morgan fingerprint density at radius 2 is 1.83 bits per heavy atom. The maximum absolute atomic E-state index is 13.0. The molecular weight excluding hydrogens is 551 g/mol. The average Bonchev–Trinajstić information content (AvgIpc) is 3.46. The van der Waals surface area contributed by atoms with Gasteiger partial charge in [-0.15, -0.1) is 0 Å². The van der Waals surface area contributed by atoms with E-state index in [-0.39, 0.29) is 25.6 Å². The fraction of sp³-hybridized carbons (Fsp3) is 0.433. The van der Waals surface area contributed by atoms with Crippen LogP contribution >= 0.6 is 0 Å². The van der Waals surface area contributed by atoms with Crippen molar-refractivity contribution < 1.29 is 32.3 Å². The lowest BCUT2D eigenvalue weighted by Crippen LogP contribution is -2.61. The second-order valence-corrected chi connectivity index (χ2v) is 10.6. The highest BCUT2D eigenvalue weighted by Gasteiger charge is 2.38. The number of aliphatic hydroxyl groups excluding tert-OH is 1. The maximum Gasteiger partial charge on any atom is 0.405 e. The van der Waals surface area contributed by atoms with Crippen LogP contribution in [-0.2, 0) is 16.0 Å². The van der Waals surface area contributed by atoms with Gasteiger partial charge in [-0.05, 0) is 49.6 Å². The predicted molar refractivity (Wildman–Crippen MR) is 150 cm³/mol. The van der Waals surface area contributed by atoms with Gasteiger partial charge < -0.3 is 20.6 Å². The van der Waals surface area contributed by atoms with E-state index in [1.807, 2.05) is 71.7 Å². The van der Waals surface area contributed by atoms with E-state index in [1.54, 1.807) is 17.3 Å². The smallest absolute Gasteiger partial charge is 0.405 e. The van der Waals surface area contributed by atoms with Crippen LogP contribution in [0.5, 0.6) is 0 Å². The molecule has 1 unspecified atom stereocenters. The summed E-state index contributed by atoms with van der Waals surface area (Å²) in [7, 11) is 0. The third kappa shape index (κ3) is 8.63. The molecule has 0 spiro atoms. The molecule has 0 bridgehead atoms. The summed E-state index contributed by atoms with van der Waals surface area (Å²) in [6.45, 7) is 1.35. The minimum atomic E-state index is -4.56. The summed E-state index contributed by atoms with van der Waals surface area (Å²) in [6, 6.07) is 15.4. The van der Waals surface area contributed by atoms with Crippen LogP contribution in [0.2, 0.25) is 0 Å². The molecule has 4 N–H and O–H groups in total. The summed E-state index contributed by atoms with van der Waals surface area (Å²) in [5.41, 5.74) is 7.36. The van der Waals surface area contributed by atoms with E-state index in [4.69, 9.17) is 10.2 Å². The molecule has 4 atom stereocenters. The quantitative estimate of drug-likeness (QED) is 0.297. The molecule has 226 valence electrons. The Balaban J connectivity index is 1.45. The number of β-amino-alcohol motifs (C(OH)–C–C–N with tert-alkyl or cyclic N) is 1. The maximum atomic E-state index is 13.0. The first-order valence-electron chi connectivity index (χ1n) is 13.8. The number of nitrogens with one attached hydrogen (secondary N) is 1. The van der Waals surface area contributed by atoms with Gasteiger partial charge in [-0.3, -0.25) is 24.4 Å². The lowest BCUT2D eigenvalue weighted by molar-refractivity contribution is -0.144. The fourth-order valence-electron chi connectivity index (χ4n) is 5.27. The Hall–Kier alpha value is -3.74.